The van der Waals surface area contributed by atoms with E-state index in [0.717, 1.165) is 12.0 Å². The molecule has 1 aromatic carbocycles. The van der Waals surface area contributed by atoms with E-state index in [0.29, 0.717) is 23.8 Å². The Hall–Kier alpha value is -2.28. The van der Waals surface area contributed by atoms with Crippen LogP contribution in [0.2, 0.25) is 0 Å². The van der Waals surface area contributed by atoms with Crippen molar-refractivity contribution >= 4 is 23.6 Å². The number of amides is 1. The third-order valence-electron chi connectivity index (χ3n) is 4.67. The lowest BCUT2D eigenvalue weighted by Crippen LogP contribution is -2.46. The predicted octanol–water partition coefficient (Wildman–Crippen LogP) is 2.84. The van der Waals surface area contributed by atoms with Crippen molar-refractivity contribution in [1.29, 1.82) is 0 Å². The second-order valence-electron chi connectivity index (χ2n) is 6.36. The molecular weight excluding hydrogens is 340 g/mol. The number of nitrogens with zero attached hydrogens (tertiary/aromatic N) is 2. The monoisotopic (exact) mass is 358 g/mol. The van der Waals surface area contributed by atoms with Crippen LogP contribution in [0.5, 0.6) is 0 Å². The van der Waals surface area contributed by atoms with Gasteiger partial charge in [0, 0.05) is 17.7 Å². The summed E-state index contributed by atoms with van der Waals surface area (Å²) in [5.41, 5.74) is 0.915. The zero-order chi connectivity index (χ0) is 17.4. The van der Waals surface area contributed by atoms with Crippen LogP contribution in [0.4, 0.5) is 0 Å². The van der Waals surface area contributed by atoms with E-state index < -0.39 is 12.0 Å². The Bertz CT molecular complexity index is 806. The molecule has 0 aliphatic carbocycles. The number of thioether (sulfide) groups is 1. The molecule has 2 fully saturated rings. The molecule has 0 bridgehead atoms. The van der Waals surface area contributed by atoms with Gasteiger partial charge in [0.25, 0.3) is 0 Å². The fourth-order valence-corrected chi connectivity index (χ4v) is 4.75. The number of rotatable bonds is 4. The smallest absolute Gasteiger partial charge is 0.330 e. The van der Waals surface area contributed by atoms with Crippen LogP contribution in [0.1, 0.15) is 25.7 Å². The van der Waals surface area contributed by atoms with Crippen LogP contribution in [-0.2, 0) is 20.9 Å². The van der Waals surface area contributed by atoms with E-state index in [1.807, 2.05) is 37.3 Å². The molecule has 7 heteroatoms. The Morgan fingerprint density at radius 1 is 1.44 bits per heavy atom. The molecule has 0 saturated carbocycles. The maximum Gasteiger partial charge on any atom is 0.330 e. The molecule has 1 aromatic heterocycles. The molecule has 2 atom stereocenters. The molecule has 0 spiro atoms. The van der Waals surface area contributed by atoms with Crippen LogP contribution in [0.15, 0.2) is 40.9 Å². The van der Waals surface area contributed by atoms with Crippen molar-refractivity contribution in [2.24, 2.45) is 0 Å². The summed E-state index contributed by atoms with van der Waals surface area (Å²) >= 11 is 1.64. The van der Waals surface area contributed by atoms with E-state index in [1.54, 1.807) is 22.9 Å². The Kier molecular flexibility index (Phi) is 4.03. The van der Waals surface area contributed by atoms with E-state index in [9.17, 15) is 9.59 Å². The zero-order valence-electron chi connectivity index (χ0n) is 13.8. The molecule has 130 valence electrons. The van der Waals surface area contributed by atoms with Gasteiger partial charge in [0.05, 0.1) is 11.1 Å². The first-order chi connectivity index (χ1) is 12.1. The normalized spacial score (nSPS) is 25.2. The van der Waals surface area contributed by atoms with Gasteiger partial charge >= 0.3 is 5.97 Å². The van der Waals surface area contributed by atoms with Crippen molar-refractivity contribution in [3.8, 4) is 11.3 Å². The summed E-state index contributed by atoms with van der Waals surface area (Å²) in [5, 5.41) is 0. The quantitative estimate of drug-likeness (QED) is 0.783. The third kappa shape index (κ3) is 2.93. The van der Waals surface area contributed by atoms with Gasteiger partial charge in [-0.3, -0.25) is 4.79 Å². The first-order valence-corrected chi connectivity index (χ1v) is 9.18. The standard InChI is InChI=1S/C18H18N2O4S/c1-18-8-7-16(21)20(18)13(11-25-18)17(22)23-10-15-19-9-14(24-15)12-5-3-2-4-6-12/h2-6,9,13H,7-8,10-11H2,1H3/t13-,18+/m1/s1. The first kappa shape index (κ1) is 16.2. The highest BCUT2D eigenvalue weighted by atomic mass is 32.2. The number of esters is 1. The number of ether oxygens (including phenoxy) is 1. The second-order valence-corrected chi connectivity index (χ2v) is 7.86. The van der Waals surface area contributed by atoms with Crippen LogP contribution >= 0.6 is 11.8 Å². The lowest BCUT2D eigenvalue weighted by atomic mass is 10.2. The van der Waals surface area contributed by atoms with Crippen LogP contribution in [0.3, 0.4) is 0 Å². The number of oxazole rings is 1. The molecule has 3 heterocycles. The molecule has 25 heavy (non-hydrogen) atoms. The minimum atomic E-state index is -0.520. The van der Waals surface area contributed by atoms with Gasteiger partial charge in [-0.05, 0) is 13.3 Å². The molecule has 6 nitrogen and oxygen atoms in total. The number of carbonyl (C=O) groups excluding carboxylic acids is 2. The summed E-state index contributed by atoms with van der Waals surface area (Å²) in [6.45, 7) is 1.97. The average molecular weight is 358 g/mol. The Morgan fingerprint density at radius 3 is 3.04 bits per heavy atom. The molecule has 2 aromatic rings. The fraction of sp³-hybridized carbons (Fsp3) is 0.389. The number of hydrogen-bond donors (Lipinski definition) is 0. The van der Waals surface area contributed by atoms with Crippen molar-refractivity contribution in [3.05, 3.63) is 42.4 Å². The fourth-order valence-electron chi connectivity index (χ4n) is 3.34. The van der Waals surface area contributed by atoms with E-state index >= 15 is 0 Å². The molecule has 1 amide bonds. The summed E-state index contributed by atoms with van der Waals surface area (Å²) in [6.07, 6.45) is 2.89. The Labute approximate surface area is 149 Å². The van der Waals surface area contributed by atoms with Crippen molar-refractivity contribution in [1.82, 2.24) is 9.88 Å². The molecule has 0 N–H and O–H groups in total. The number of benzene rings is 1. The highest BCUT2D eigenvalue weighted by Gasteiger charge is 2.53. The van der Waals surface area contributed by atoms with Crippen LogP contribution in [-0.4, -0.2) is 38.4 Å². The zero-order valence-corrected chi connectivity index (χ0v) is 14.6. The summed E-state index contributed by atoms with van der Waals surface area (Å²) < 4.78 is 11.0. The summed E-state index contributed by atoms with van der Waals surface area (Å²) in [4.78, 5) is 30.1. The van der Waals surface area contributed by atoms with Crippen molar-refractivity contribution in [2.75, 3.05) is 5.75 Å². The van der Waals surface area contributed by atoms with Crippen molar-refractivity contribution < 1.29 is 18.7 Å². The maximum absolute atomic E-state index is 12.4. The van der Waals surface area contributed by atoms with E-state index in [-0.39, 0.29) is 17.4 Å². The summed E-state index contributed by atoms with van der Waals surface area (Å²) in [6, 6.07) is 9.08. The SMILES string of the molecule is C[C@]12CCC(=O)N1[C@@H](C(=O)OCc1ncc(-c3ccccc3)o1)CS2. The van der Waals surface area contributed by atoms with E-state index in [1.165, 1.54) is 0 Å². The highest BCUT2D eigenvalue weighted by molar-refractivity contribution is 8.01. The van der Waals surface area contributed by atoms with Gasteiger partial charge in [-0.25, -0.2) is 9.78 Å². The minimum absolute atomic E-state index is 0.0249. The van der Waals surface area contributed by atoms with Crippen LogP contribution in [0.25, 0.3) is 11.3 Å². The predicted molar refractivity (Wildman–Crippen MR) is 92.5 cm³/mol. The molecule has 2 saturated heterocycles. The lowest BCUT2D eigenvalue weighted by molar-refractivity contribution is -0.155. The van der Waals surface area contributed by atoms with Gasteiger partial charge in [-0.1, -0.05) is 30.3 Å². The van der Waals surface area contributed by atoms with E-state index in [2.05, 4.69) is 4.98 Å². The first-order valence-electron chi connectivity index (χ1n) is 8.20. The van der Waals surface area contributed by atoms with Gasteiger partial charge in [0.2, 0.25) is 11.8 Å². The topological polar surface area (TPSA) is 72.6 Å². The Balaban J connectivity index is 1.40. The van der Waals surface area contributed by atoms with Gasteiger partial charge in [0.1, 0.15) is 6.04 Å². The minimum Gasteiger partial charge on any atom is -0.454 e. The summed E-state index contributed by atoms with van der Waals surface area (Å²) in [5.74, 6) is 1.17. The third-order valence-corrected chi connectivity index (χ3v) is 6.17. The summed E-state index contributed by atoms with van der Waals surface area (Å²) in [7, 11) is 0. The van der Waals surface area contributed by atoms with Gasteiger partial charge < -0.3 is 14.1 Å². The molecule has 0 radical (unpaired) electrons. The number of carbonyl (C=O) groups is 2. The van der Waals surface area contributed by atoms with Crippen LogP contribution in [0, 0.1) is 0 Å². The van der Waals surface area contributed by atoms with Gasteiger partial charge in [-0.15, -0.1) is 11.8 Å². The van der Waals surface area contributed by atoms with Gasteiger partial charge in [-0.2, -0.15) is 0 Å². The number of fused-ring (bicyclic) bond motifs is 1. The molecule has 2 aliphatic rings. The second kappa shape index (κ2) is 6.22. The Morgan fingerprint density at radius 2 is 2.24 bits per heavy atom. The lowest BCUT2D eigenvalue weighted by Gasteiger charge is -2.29. The molecule has 0 unspecified atom stereocenters. The molecule has 4 rings (SSSR count). The largest absolute Gasteiger partial charge is 0.454 e. The number of aromatic nitrogens is 1. The highest BCUT2D eigenvalue weighted by Crippen LogP contribution is 2.47. The van der Waals surface area contributed by atoms with Crippen molar-refractivity contribution in [3.63, 3.8) is 0 Å². The van der Waals surface area contributed by atoms with Crippen molar-refractivity contribution in [2.45, 2.75) is 37.3 Å². The van der Waals surface area contributed by atoms with Gasteiger partial charge in [0.15, 0.2) is 12.4 Å². The molecular formula is C18H18N2O4S. The molecule has 2 aliphatic heterocycles. The van der Waals surface area contributed by atoms with Crippen LogP contribution < -0.4 is 0 Å². The van der Waals surface area contributed by atoms with E-state index in [4.69, 9.17) is 9.15 Å². The number of hydrogen-bond acceptors (Lipinski definition) is 6. The average Bonchev–Trinajstić information content (AvgIpc) is 3.30. The maximum atomic E-state index is 12.4.